The van der Waals surface area contributed by atoms with Crippen LogP contribution in [-0.2, 0) is 0 Å². The summed E-state index contributed by atoms with van der Waals surface area (Å²) in [5, 5.41) is 16.3. The third-order valence-electron chi connectivity index (χ3n) is 2.98. The predicted octanol–water partition coefficient (Wildman–Crippen LogP) is 0.265. The maximum absolute atomic E-state index is 13.3. The summed E-state index contributed by atoms with van der Waals surface area (Å²) in [4.78, 5) is 21.7. The minimum atomic E-state index is -0.864. The number of nitro groups is 1. The van der Waals surface area contributed by atoms with Gasteiger partial charge in [-0.15, -0.1) is 0 Å². The van der Waals surface area contributed by atoms with Gasteiger partial charge < -0.3 is 16.4 Å². The zero-order valence-corrected chi connectivity index (χ0v) is 9.98. The molecule has 1 aromatic rings. The molecule has 7 nitrogen and oxygen atoms in total. The van der Waals surface area contributed by atoms with Crippen molar-refractivity contribution in [2.45, 2.75) is 0 Å². The Morgan fingerprint density at radius 2 is 2.26 bits per heavy atom. The smallest absolute Gasteiger partial charge is 0.295 e. The number of anilines is 1. The molecule has 0 aromatic heterocycles. The largest absolute Gasteiger partial charge is 0.393 e. The Morgan fingerprint density at radius 3 is 2.79 bits per heavy atom. The predicted molar refractivity (Wildman–Crippen MR) is 66.2 cm³/mol. The number of nitro benzene ring substituents is 1. The van der Waals surface area contributed by atoms with Crippen LogP contribution in [0.4, 0.5) is 15.8 Å². The molecule has 0 aliphatic carbocycles. The highest BCUT2D eigenvalue weighted by Gasteiger charge is 2.23. The van der Waals surface area contributed by atoms with Crippen molar-refractivity contribution in [1.82, 2.24) is 10.6 Å². The molecule has 0 unspecified atom stereocenters. The van der Waals surface area contributed by atoms with E-state index < -0.39 is 22.3 Å². The molecule has 0 saturated carbocycles. The Morgan fingerprint density at radius 1 is 1.58 bits per heavy atom. The first-order valence-electron chi connectivity index (χ1n) is 5.71. The third-order valence-corrected chi connectivity index (χ3v) is 2.98. The van der Waals surface area contributed by atoms with Crippen LogP contribution in [0.5, 0.6) is 0 Å². The molecule has 1 saturated heterocycles. The van der Waals surface area contributed by atoms with E-state index in [9.17, 15) is 19.3 Å². The molecule has 1 heterocycles. The van der Waals surface area contributed by atoms with Gasteiger partial charge >= 0.3 is 0 Å². The van der Waals surface area contributed by atoms with Gasteiger partial charge in [0, 0.05) is 25.6 Å². The molecular formula is C11H13FN4O3. The first-order valence-corrected chi connectivity index (χ1v) is 5.71. The lowest BCUT2D eigenvalue weighted by Gasteiger charge is -2.27. The fourth-order valence-corrected chi connectivity index (χ4v) is 1.77. The summed E-state index contributed by atoms with van der Waals surface area (Å²) in [6, 6.07) is 1.60. The number of nitrogens with two attached hydrogens (primary N) is 1. The molecule has 0 radical (unpaired) electrons. The van der Waals surface area contributed by atoms with Crippen molar-refractivity contribution in [2.24, 2.45) is 5.92 Å². The van der Waals surface area contributed by atoms with Crippen molar-refractivity contribution in [3.8, 4) is 0 Å². The molecule has 1 fully saturated rings. The van der Waals surface area contributed by atoms with E-state index in [-0.39, 0.29) is 11.3 Å². The number of hydrogen-bond acceptors (Lipinski definition) is 5. The van der Waals surface area contributed by atoms with Gasteiger partial charge in [0.25, 0.3) is 11.6 Å². The molecule has 102 valence electrons. The van der Waals surface area contributed by atoms with Crippen LogP contribution >= 0.6 is 0 Å². The molecule has 1 amide bonds. The van der Waals surface area contributed by atoms with Crippen LogP contribution in [0.15, 0.2) is 12.1 Å². The van der Waals surface area contributed by atoms with Gasteiger partial charge in [-0.25, -0.2) is 4.39 Å². The summed E-state index contributed by atoms with van der Waals surface area (Å²) >= 11 is 0. The van der Waals surface area contributed by atoms with Crippen molar-refractivity contribution >= 4 is 17.3 Å². The van der Waals surface area contributed by atoms with Crippen LogP contribution in [0, 0.1) is 21.8 Å². The summed E-state index contributed by atoms with van der Waals surface area (Å²) in [6.07, 6.45) is 0. The van der Waals surface area contributed by atoms with Crippen molar-refractivity contribution in [2.75, 3.05) is 25.4 Å². The number of carbonyl (C=O) groups excluding carboxylic acids is 1. The second-order valence-corrected chi connectivity index (χ2v) is 4.38. The molecule has 0 spiro atoms. The molecule has 1 aliphatic heterocycles. The number of nitrogens with one attached hydrogen (secondary N) is 2. The van der Waals surface area contributed by atoms with E-state index in [0.29, 0.717) is 18.5 Å². The van der Waals surface area contributed by atoms with Gasteiger partial charge in [0.1, 0.15) is 11.5 Å². The van der Waals surface area contributed by atoms with Crippen molar-refractivity contribution in [1.29, 1.82) is 0 Å². The molecule has 0 bridgehead atoms. The molecule has 0 atom stereocenters. The maximum Gasteiger partial charge on any atom is 0.295 e. The van der Waals surface area contributed by atoms with E-state index in [1.54, 1.807) is 0 Å². The minimum Gasteiger partial charge on any atom is -0.393 e. The summed E-state index contributed by atoms with van der Waals surface area (Å²) < 4.78 is 13.3. The minimum absolute atomic E-state index is 0.209. The van der Waals surface area contributed by atoms with Gasteiger partial charge in [-0.3, -0.25) is 14.9 Å². The lowest BCUT2D eigenvalue weighted by molar-refractivity contribution is -0.384. The number of carbonyl (C=O) groups is 1. The van der Waals surface area contributed by atoms with Crippen molar-refractivity contribution in [3.05, 3.63) is 33.6 Å². The number of amides is 1. The lowest BCUT2D eigenvalue weighted by atomic mass is 10.0. The average Bonchev–Trinajstić information content (AvgIpc) is 2.29. The summed E-state index contributed by atoms with van der Waals surface area (Å²) in [5.41, 5.74) is 4.39. The topological polar surface area (TPSA) is 110 Å². The highest BCUT2D eigenvalue weighted by atomic mass is 19.1. The van der Waals surface area contributed by atoms with Crippen LogP contribution in [0.2, 0.25) is 0 Å². The molecular weight excluding hydrogens is 255 g/mol. The van der Waals surface area contributed by atoms with E-state index in [2.05, 4.69) is 10.6 Å². The number of halogens is 1. The molecule has 1 aromatic carbocycles. The first kappa shape index (κ1) is 13.2. The van der Waals surface area contributed by atoms with Gasteiger partial charge in [-0.1, -0.05) is 0 Å². The second-order valence-electron chi connectivity index (χ2n) is 4.38. The Balaban J connectivity index is 2.17. The van der Waals surface area contributed by atoms with E-state index in [0.717, 1.165) is 19.2 Å². The standard InChI is InChI=1S/C11H13FN4O3/c12-7-1-8(10(13)9(2-7)16(18)19)11(17)15-5-6-3-14-4-6/h1-2,6,14H,3-5,13H2,(H,15,17). The zero-order chi connectivity index (χ0) is 14.0. The van der Waals surface area contributed by atoms with E-state index in [1.165, 1.54) is 0 Å². The van der Waals surface area contributed by atoms with Crippen molar-refractivity contribution in [3.63, 3.8) is 0 Å². The highest BCUT2D eigenvalue weighted by molar-refractivity contribution is 6.01. The third kappa shape index (κ3) is 2.79. The van der Waals surface area contributed by atoms with Gasteiger partial charge in [0.15, 0.2) is 0 Å². The van der Waals surface area contributed by atoms with E-state index >= 15 is 0 Å². The quantitative estimate of drug-likeness (QED) is 0.412. The highest BCUT2D eigenvalue weighted by Crippen LogP contribution is 2.26. The van der Waals surface area contributed by atoms with Gasteiger partial charge in [0.2, 0.25) is 0 Å². The number of nitrogen functional groups attached to an aromatic ring is 1. The summed E-state index contributed by atoms with van der Waals surface area (Å²) in [5.74, 6) is -1.14. The Hall–Kier alpha value is -2.22. The molecule has 2 rings (SSSR count). The molecule has 19 heavy (non-hydrogen) atoms. The van der Waals surface area contributed by atoms with Gasteiger partial charge in [0.05, 0.1) is 16.6 Å². The Kier molecular flexibility index (Phi) is 3.61. The molecule has 1 aliphatic rings. The van der Waals surface area contributed by atoms with Crippen LogP contribution in [0.1, 0.15) is 10.4 Å². The lowest BCUT2D eigenvalue weighted by Crippen LogP contribution is -2.48. The van der Waals surface area contributed by atoms with E-state index in [1.807, 2.05) is 0 Å². The van der Waals surface area contributed by atoms with Crippen LogP contribution in [0.3, 0.4) is 0 Å². The summed E-state index contributed by atoms with van der Waals surface area (Å²) in [7, 11) is 0. The molecule has 4 N–H and O–H groups in total. The van der Waals surface area contributed by atoms with Gasteiger partial charge in [-0.05, 0) is 6.07 Å². The van der Waals surface area contributed by atoms with Crippen LogP contribution in [0.25, 0.3) is 0 Å². The monoisotopic (exact) mass is 268 g/mol. The van der Waals surface area contributed by atoms with Gasteiger partial charge in [-0.2, -0.15) is 0 Å². The number of hydrogen-bond donors (Lipinski definition) is 3. The van der Waals surface area contributed by atoms with E-state index in [4.69, 9.17) is 5.73 Å². The average molecular weight is 268 g/mol. The number of nitrogens with zero attached hydrogens (tertiary/aromatic N) is 1. The molecule has 8 heteroatoms. The zero-order valence-electron chi connectivity index (χ0n) is 9.98. The SMILES string of the molecule is Nc1c(C(=O)NCC2CNC2)cc(F)cc1[N+](=O)[O-]. The Bertz CT molecular complexity index is 531. The fourth-order valence-electron chi connectivity index (χ4n) is 1.77. The first-order chi connectivity index (χ1) is 8.99. The number of rotatable bonds is 4. The van der Waals surface area contributed by atoms with Crippen molar-refractivity contribution < 1.29 is 14.1 Å². The number of benzene rings is 1. The fraction of sp³-hybridized carbons (Fsp3) is 0.364. The normalized spacial score (nSPS) is 14.8. The Labute approximate surface area is 108 Å². The summed E-state index contributed by atoms with van der Waals surface area (Å²) in [6.45, 7) is 2.04. The van der Waals surface area contributed by atoms with Crippen LogP contribution < -0.4 is 16.4 Å². The second kappa shape index (κ2) is 5.19. The maximum atomic E-state index is 13.3. The van der Waals surface area contributed by atoms with Crippen LogP contribution in [-0.4, -0.2) is 30.5 Å².